The van der Waals surface area contributed by atoms with Crippen molar-refractivity contribution < 1.29 is 4.74 Å². The largest absolute Gasteiger partial charge is 0.472 e. The van der Waals surface area contributed by atoms with Gasteiger partial charge in [0.1, 0.15) is 12.4 Å². The van der Waals surface area contributed by atoms with Crippen molar-refractivity contribution in [2.45, 2.75) is 19.6 Å². The zero-order valence-electron chi connectivity index (χ0n) is 8.19. The van der Waals surface area contributed by atoms with E-state index in [1.54, 1.807) is 23.3 Å². The molecule has 78 valence electrons. The average Bonchev–Trinajstić information content (AvgIpc) is 2.71. The SMILES string of the molecule is C[C@@H](Cn1cnnn1)Oc1cnccn1. The van der Waals surface area contributed by atoms with Crippen LogP contribution in [0.1, 0.15) is 6.92 Å². The summed E-state index contributed by atoms with van der Waals surface area (Å²) in [6.45, 7) is 2.49. The van der Waals surface area contributed by atoms with Crippen LogP contribution in [0.25, 0.3) is 0 Å². The number of nitrogens with zero attached hydrogens (tertiary/aromatic N) is 6. The molecule has 1 atom stereocenters. The number of hydrogen-bond donors (Lipinski definition) is 0. The molecular weight excluding hydrogens is 196 g/mol. The summed E-state index contributed by atoms with van der Waals surface area (Å²) in [5.41, 5.74) is 0. The molecule has 0 radical (unpaired) electrons. The molecular formula is C8H10N6O. The van der Waals surface area contributed by atoms with Crippen LogP contribution in [0.5, 0.6) is 5.88 Å². The summed E-state index contributed by atoms with van der Waals surface area (Å²) in [6.07, 6.45) is 6.22. The molecule has 0 spiro atoms. The minimum atomic E-state index is -0.0646. The first-order valence-electron chi connectivity index (χ1n) is 4.48. The van der Waals surface area contributed by atoms with Crippen LogP contribution >= 0.6 is 0 Å². The van der Waals surface area contributed by atoms with Gasteiger partial charge in [0.2, 0.25) is 5.88 Å². The van der Waals surface area contributed by atoms with E-state index in [-0.39, 0.29) is 6.10 Å². The first-order valence-corrected chi connectivity index (χ1v) is 4.48. The fraction of sp³-hybridized carbons (Fsp3) is 0.375. The van der Waals surface area contributed by atoms with E-state index in [1.807, 2.05) is 6.92 Å². The smallest absolute Gasteiger partial charge is 0.232 e. The van der Waals surface area contributed by atoms with E-state index >= 15 is 0 Å². The van der Waals surface area contributed by atoms with Gasteiger partial charge < -0.3 is 4.74 Å². The van der Waals surface area contributed by atoms with Gasteiger partial charge in [-0.1, -0.05) is 0 Å². The highest BCUT2D eigenvalue weighted by Crippen LogP contribution is 2.05. The highest BCUT2D eigenvalue weighted by Gasteiger charge is 2.06. The Labute approximate surface area is 86.1 Å². The molecule has 0 aromatic carbocycles. The third kappa shape index (κ3) is 2.70. The lowest BCUT2D eigenvalue weighted by Crippen LogP contribution is -2.20. The molecule has 0 bridgehead atoms. The van der Waals surface area contributed by atoms with E-state index in [0.717, 1.165) is 0 Å². The summed E-state index contributed by atoms with van der Waals surface area (Å²) in [5, 5.41) is 10.8. The predicted molar refractivity (Wildman–Crippen MR) is 49.9 cm³/mol. The lowest BCUT2D eigenvalue weighted by Gasteiger charge is -2.12. The summed E-state index contributed by atoms with van der Waals surface area (Å²) in [4.78, 5) is 7.90. The summed E-state index contributed by atoms with van der Waals surface area (Å²) < 4.78 is 7.10. The molecule has 2 rings (SSSR count). The van der Waals surface area contributed by atoms with Crippen LogP contribution in [0.3, 0.4) is 0 Å². The normalized spacial score (nSPS) is 12.3. The van der Waals surface area contributed by atoms with Gasteiger partial charge in [-0.25, -0.2) is 9.67 Å². The Bertz CT molecular complexity index is 389. The molecule has 0 N–H and O–H groups in total. The number of hydrogen-bond acceptors (Lipinski definition) is 6. The Kier molecular flexibility index (Phi) is 2.82. The van der Waals surface area contributed by atoms with Crippen LogP contribution in [0, 0.1) is 0 Å². The molecule has 2 aromatic rings. The number of ether oxygens (including phenoxy) is 1. The molecule has 2 heterocycles. The molecule has 15 heavy (non-hydrogen) atoms. The third-order valence-corrected chi connectivity index (χ3v) is 1.70. The van der Waals surface area contributed by atoms with Crippen LogP contribution in [-0.2, 0) is 6.54 Å². The van der Waals surface area contributed by atoms with Gasteiger partial charge in [0.25, 0.3) is 0 Å². The predicted octanol–water partition coefficient (Wildman–Crippen LogP) is -0.0694. The minimum Gasteiger partial charge on any atom is -0.472 e. The van der Waals surface area contributed by atoms with Gasteiger partial charge >= 0.3 is 0 Å². The standard InChI is InChI=1S/C8H10N6O/c1-7(5-14-6-11-12-13-14)15-8-4-9-2-3-10-8/h2-4,6-7H,5H2,1H3/t7-/m0/s1. The first kappa shape index (κ1) is 9.50. The minimum absolute atomic E-state index is 0.0646. The van der Waals surface area contributed by atoms with Gasteiger partial charge in [-0.05, 0) is 17.4 Å². The Morgan fingerprint density at radius 3 is 3.07 bits per heavy atom. The quantitative estimate of drug-likeness (QED) is 0.696. The summed E-state index contributed by atoms with van der Waals surface area (Å²) >= 11 is 0. The van der Waals surface area contributed by atoms with Crippen LogP contribution in [0.15, 0.2) is 24.9 Å². The van der Waals surface area contributed by atoms with E-state index in [0.29, 0.717) is 12.4 Å². The van der Waals surface area contributed by atoms with Crippen LogP contribution in [0.4, 0.5) is 0 Å². The lowest BCUT2D eigenvalue weighted by molar-refractivity contribution is 0.184. The molecule has 2 aromatic heterocycles. The van der Waals surface area contributed by atoms with Crippen molar-refractivity contribution in [2.24, 2.45) is 0 Å². The second kappa shape index (κ2) is 4.45. The van der Waals surface area contributed by atoms with Gasteiger partial charge in [0, 0.05) is 12.4 Å². The van der Waals surface area contributed by atoms with E-state index in [9.17, 15) is 0 Å². The van der Waals surface area contributed by atoms with Gasteiger partial charge in [-0.3, -0.25) is 4.98 Å². The molecule has 7 heteroatoms. The number of rotatable bonds is 4. The average molecular weight is 206 g/mol. The summed E-state index contributed by atoms with van der Waals surface area (Å²) in [6, 6.07) is 0. The fourth-order valence-corrected chi connectivity index (χ4v) is 1.12. The Hall–Kier alpha value is -2.05. The van der Waals surface area contributed by atoms with Crippen LogP contribution in [-0.4, -0.2) is 36.3 Å². The molecule has 0 saturated heterocycles. The summed E-state index contributed by atoms with van der Waals surface area (Å²) in [5.74, 6) is 0.498. The molecule has 0 fully saturated rings. The molecule has 0 saturated carbocycles. The van der Waals surface area contributed by atoms with E-state index in [2.05, 4.69) is 25.5 Å². The molecule has 0 aliphatic carbocycles. The highest BCUT2D eigenvalue weighted by atomic mass is 16.5. The second-order valence-corrected chi connectivity index (χ2v) is 3.00. The van der Waals surface area contributed by atoms with E-state index in [1.165, 1.54) is 6.33 Å². The van der Waals surface area contributed by atoms with Crippen molar-refractivity contribution in [2.75, 3.05) is 0 Å². The van der Waals surface area contributed by atoms with Gasteiger partial charge in [0.15, 0.2) is 0 Å². The molecule has 0 unspecified atom stereocenters. The third-order valence-electron chi connectivity index (χ3n) is 1.70. The fourth-order valence-electron chi connectivity index (χ4n) is 1.12. The van der Waals surface area contributed by atoms with E-state index < -0.39 is 0 Å². The Morgan fingerprint density at radius 1 is 1.47 bits per heavy atom. The first-order chi connectivity index (χ1) is 7.34. The highest BCUT2D eigenvalue weighted by molar-refractivity contribution is 5.01. The topological polar surface area (TPSA) is 78.6 Å². The van der Waals surface area contributed by atoms with Crippen molar-refractivity contribution in [1.82, 2.24) is 30.2 Å². The zero-order valence-corrected chi connectivity index (χ0v) is 8.19. The Morgan fingerprint density at radius 2 is 2.40 bits per heavy atom. The lowest BCUT2D eigenvalue weighted by atomic mass is 10.4. The van der Waals surface area contributed by atoms with Gasteiger partial charge in [0.05, 0.1) is 12.7 Å². The number of aromatic nitrogens is 6. The van der Waals surface area contributed by atoms with Crippen LogP contribution in [0.2, 0.25) is 0 Å². The van der Waals surface area contributed by atoms with Gasteiger partial charge in [-0.15, -0.1) is 5.10 Å². The van der Waals surface area contributed by atoms with Crippen molar-refractivity contribution in [3.63, 3.8) is 0 Å². The van der Waals surface area contributed by atoms with Crippen molar-refractivity contribution in [1.29, 1.82) is 0 Å². The van der Waals surface area contributed by atoms with Crippen molar-refractivity contribution in [3.05, 3.63) is 24.9 Å². The second-order valence-electron chi connectivity index (χ2n) is 3.00. The monoisotopic (exact) mass is 206 g/mol. The molecule has 0 aliphatic rings. The summed E-state index contributed by atoms with van der Waals surface area (Å²) in [7, 11) is 0. The van der Waals surface area contributed by atoms with Gasteiger partial charge in [-0.2, -0.15) is 0 Å². The number of tetrazole rings is 1. The molecule has 0 amide bonds. The molecule has 0 aliphatic heterocycles. The van der Waals surface area contributed by atoms with Crippen LogP contribution < -0.4 is 4.74 Å². The maximum absolute atomic E-state index is 5.50. The maximum Gasteiger partial charge on any atom is 0.232 e. The molecule has 7 nitrogen and oxygen atoms in total. The van der Waals surface area contributed by atoms with Crippen molar-refractivity contribution >= 4 is 0 Å². The Balaban J connectivity index is 1.90. The zero-order chi connectivity index (χ0) is 10.5. The maximum atomic E-state index is 5.50. The van der Waals surface area contributed by atoms with E-state index in [4.69, 9.17) is 4.74 Å². The van der Waals surface area contributed by atoms with Crippen molar-refractivity contribution in [3.8, 4) is 5.88 Å².